The van der Waals surface area contributed by atoms with Crippen LogP contribution in [-0.4, -0.2) is 17.1 Å². The Morgan fingerprint density at radius 3 is 2.71 bits per heavy atom. The number of hydrogen-bond acceptors (Lipinski definition) is 3. The largest absolute Gasteiger partial charge is 0.495 e. The lowest BCUT2D eigenvalue weighted by Crippen LogP contribution is -2.09. The van der Waals surface area contributed by atoms with E-state index in [4.69, 9.17) is 4.74 Å². The second-order valence-electron chi connectivity index (χ2n) is 4.40. The zero-order valence-corrected chi connectivity index (χ0v) is 14.2. The number of H-pyrrole nitrogens is 1. The predicted molar refractivity (Wildman–Crippen MR) is 89.8 cm³/mol. The van der Waals surface area contributed by atoms with Crippen molar-refractivity contribution in [2.45, 2.75) is 0 Å². The molecular formula is C15H10Br2N2O2. The van der Waals surface area contributed by atoms with Crippen molar-refractivity contribution in [2.24, 2.45) is 0 Å². The number of aromatic amines is 1. The smallest absolute Gasteiger partial charge is 0.259 e. The Bertz CT molecular complexity index is 890. The number of rotatable bonds is 2. The topological polar surface area (TPSA) is 55.0 Å². The minimum Gasteiger partial charge on any atom is -0.495 e. The summed E-state index contributed by atoms with van der Waals surface area (Å²) in [6.45, 7) is 0. The van der Waals surface area contributed by atoms with Gasteiger partial charge < -0.3 is 9.72 Å². The first-order valence-corrected chi connectivity index (χ1v) is 7.71. The first-order valence-electron chi connectivity index (χ1n) is 6.12. The van der Waals surface area contributed by atoms with E-state index in [1.807, 2.05) is 30.3 Å². The van der Waals surface area contributed by atoms with Gasteiger partial charge in [-0.1, -0.05) is 28.1 Å². The lowest BCUT2D eigenvalue weighted by molar-refractivity contribution is 0.413. The van der Waals surface area contributed by atoms with E-state index in [9.17, 15) is 4.79 Å². The molecule has 0 unspecified atom stereocenters. The maximum Gasteiger partial charge on any atom is 0.259 e. The molecule has 0 amide bonds. The molecule has 0 atom stereocenters. The summed E-state index contributed by atoms with van der Waals surface area (Å²) in [5.41, 5.74) is 1.18. The molecule has 1 N–H and O–H groups in total. The van der Waals surface area contributed by atoms with E-state index in [1.165, 1.54) is 0 Å². The van der Waals surface area contributed by atoms with Crippen LogP contribution >= 0.6 is 31.9 Å². The molecule has 1 heterocycles. The Kier molecular flexibility index (Phi) is 3.82. The van der Waals surface area contributed by atoms with Crippen LogP contribution in [0.3, 0.4) is 0 Å². The average molecular weight is 410 g/mol. The molecule has 1 aromatic heterocycles. The van der Waals surface area contributed by atoms with E-state index in [1.54, 1.807) is 13.2 Å². The van der Waals surface area contributed by atoms with Crippen molar-refractivity contribution in [1.29, 1.82) is 0 Å². The highest BCUT2D eigenvalue weighted by Crippen LogP contribution is 2.37. The van der Waals surface area contributed by atoms with Crippen molar-refractivity contribution < 1.29 is 4.74 Å². The molecule has 0 aliphatic carbocycles. The fourth-order valence-corrected chi connectivity index (χ4v) is 3.54. The number of methoxy groups -OCH3 is 1. The van der Waals surface area contributed by atoms with Gasteiger partial charge in [0.15, 0.2) is 0 Å². The summed E-state index contributed by atoms with van der Waals surface area (Å²) < 4.78 is 7.05. The molecule has 0 aliphatic heterocycles. The number of hydrogen-bond donors (Lipinski definition) is 1. The molecule has 6 heteroatoms. The normalized spacial score (nSPS) is 10.8. The minimum absolute atomic E-state index is 0.172. The van der Waals surface area contributed by atoms with Crippen LogP contribution in [0.15, 0.2) is 50.1 Å². The molecular weight excluding hydrogens is 400 g/mol. The van der Waals surface area contributed by atoms with E-state index in [2.05, 4.69) is 41.8 Å². The van der Waals surface area contributed by atoms with Crippen LogP contribution < -0.4 is 10.3 Å². The molecule has 0 bridgehead atoms. The molecule has 0 radical (unpaired) electrons. The summed E-state index contributed by atoms with van der Waals surface area (Å²) in [5.74, 6) is 1.09. The molecule has 4 nitrogen and oxygen atoms in total. The summed E-state index contributed by atoms with van der Waals surface area (Å²) in [6.07, 6.45) is 0. The number of fused-ring (bicyclic) bond motifs is 1. The maximum atomic E-state index is 12.2. The first-order chi connectivity index (χ1) is 10.1. The molecule has 0 aliphatic rings. The third-order valence-corrected chi connectivity index (χ3v) is 4.13. The van der Waals surface area contributed by atoms with Crippen LogP contribution in [0, 0.1) is 0 Å². The summed E-state index contributed by atoms with van der Waals surface area (Å²) in [6, 6.07) is 11.0. The molecule has 2 aromatic carbocycles. The number of nitrogens with zero attached hydrogens (tertiary/aromatic N) is 1. The van der Waals surface area contributed by atoms with Crippen molar-refractivity contribution in [3.63, 3.8) is 0 Å². The highest BCUT2D eigenvalue weighted by molar-refractivity contribution is 9.11. The van der Waals surface area contributed by atoms with E-state index in [0.717, 1.165) is 8.95 Å². The van der Waals surface area contributed by atoms with Gasteiger partial charge in [-0.2, -0.15) is 0 Å². The Balaban J connectivity index is 2.33. The summed E-state index contributed by atoms with van der Waals surface area (Å²) >= 11 is 6.89. The van der Waals surface area contributed by atoms with E-state index in [-0.39, 0.29) is 5.56 Å². The Morgan fingerprint density at radius 2 is 1.95 bits per heavy atom. The number of ether oxygens (including phenoxy) is 1. The Labute approximate surface area is 137 Å². The average Bonchev–Trinajstić information content (AvgIpc) is 2.46. The van der Waals surface area contributed by atoms with E-state index >= 15 is 0 Å². The minimum atomic E-state index is -0.172. The molecule has 0 saturated carbocycles. The van der Waals surface area contributed by atoms with Gasteiger partial charge in [0, 0.05) is 4.47 Å². The zero-order valence-electron chi connectivity index (χ0n) is 11.0. The van der Waals surface area contributed by atoms with Crippen LogP contribution in [0.4, 0.5) is 0 Å². The maximum absolute atomic E-state index is 12.2. The lowest BCUT2D eigenvalue weighted by Gasteiger charge is -2.11. The fourth-order valence-electron chi connectivity index (χ4n) is 2.16. The van der Waals surface area contributed by atoms with Crippen molar-refractivity contribution >= 4 is 42.8 Å². The summed E-state index contributed by atoms with van der Waals surface area (Å²) in [4.78, 5) is 19.5. The fraction of sp³-hybridized carbons (Fsp3) is 0.0667. The quantitative estimate of drug-likeness (QED) is 0.692. The summed E-state index contributed by atoms with van der Waals surface area (Å²) in [7, 11) is 1.58. The van der Waals surface area contributed by atoms with Gasteiger partial charge in [0.05, 0.1) is 28.0 Å². The lowest BCUT2D eigenvalue weighted by atomic mass is 10.1. The SMILES string of the molecule is COc1c(Br)cc(Br)cc1-c1nc2ccccc2c(=O)[nH]1. The second-order valence-corrected chi connectivity index (χ2v) is 6.17. The zero-order chi connectivity index (χ0) is 15.0. The van der Waals surface area contributed by atoms with Gasteiger partial charge in [0.1, 0.15) is 11.6 Å². The standard InChI is InChI=1S/C15H10Br2N2O2/c1-21-13-10(6-8(16)7-11(13)17)14-18-12-5-3-2-4-9(12)15(20)19-14/h2-7H,1H3,(H,18,19,20). The van der Waals surface area contributed by atoms with E-state index < -0.39 is 0 Å². The molecule has 0 saturated heterocycles. The number of halogens is 2. The Hall–Kier alpha value is -1.66. The van der Waals surface area contributed by atoms with Crippen molar-refractivity contribution in [3.05, 3.63) is 55.7 Å². The van der Waals surface area contributed by atoms with Crippen molar-refractivity contribution in [3.8, 4) is 17.1 Å². The van der Waals surface area contributed by atoms with Gasteiger partial charge in [-0.05, 0) is 40.2 Å². The third kappa shape index (κ3) is 2.61. The number of para-hydroxylation sites is 1. The van der Waals surface area contributed by atoms with Gasteiger partial charge in [-0.25, -0.2) is 4.98 Å². The molecule has 0 spiro atoms. The van der Waals surface area contributed by atoms with Crippen LogP contribution in [0.1, 0.15) is 0 Å². The molecule has 106 valence electrons. The number of nitrogens with one attached hydrogen (secondary N) is 1. The van der Waals surface area contributed by atoms with Gasteiger partial charge >= 0.3 is 0 Å². The first kappa shape index (κ1) is 14.3. The molecule has 3 aromatic rings. The highest BCUT2D eigenvalue weighted by atomic mass is 79.9. The van der Waals surface area contributed by atoms with Crippen LogP contribution in [0.5, 0.6) is 5.75 Å². The number of benzene rings is 2. The van der Waals surface area contributed by atoms with Crippen LogP contribution in [-0.2, 0) is 0 Å². The predicted octanol–water partition coefficient (Wildman–Crippen LogP) is 4.12. The van der Waals surface area contributed by atoms with Gasteiger partial charge in [0.2, 0.25) is 0 Å². The van der Waals surface area contributed by atoms with Gasteiger partial charge in [-0.15, -0.1) is 0 Å². The van der Waals surface area contributed by atoms with Crippen LogP contribution in [0.2, 0.25) is 0 Å². The second kappa shape index (κ2) is 5.61. The highest BCUT2D eigenvalue weighted by Gasteiger charge is 2.14. The molecule has 3 rings (SSSR count). The molecule has 0 fully saturated rings. The van der Waals surface area contributed by atoms with Gasteiger partial charge in [0.25, 0.3) is 5.56 Å². The monoisotopic (exact) mass is 408 g/mol. The molecule has 21 heavy (non-hydrogen) atoms. The van der Waals surface area contributed by atoms with Crippen LogP contribution in [0.25, 0.3) is 22.3 Å². The van der Waals surface area contributed by atoms with Crippen molar-refractivity contribution in [1.82, 2.24) is 9.97 Å². The van der Waals surface area contributed by atoms with Crippen molar-refractivity contribution in [2.75, 3.05) is 7.11 Å². The van der Waals surface area contributed by atoms with Gasteiger partial charge in [-0.3, -0.25) is 4.79 Å². The Morgan fingerprint density at radius 1 is 1.19 bits per heavy atom. The third-order valence-electron chi connectivity index (χ3n) is 3.08. The van der Waals surface area contributed by atoms with E-state index in [0.29, 0.717) is 28.0 Å². The number of aromatic nitrogens is 2. The summed E-state index contributed by atoms with van der Waals surface area (Å²) in [5, 5.41) is 0.564.